The highest BCUT2D eigenvalue weighted by Gasteiger charge is 2.26. The van der Waals surface area contributed by atoms with Gasteiger partial charge in [-0.1, -0.05) is 11.6 Å². The zero-order chi connectivity index (χ0) is 17.3. The van der Waals surface area contributed by atoms with Crippen molar-refractivity contribution in [2.24, 2.45) is 0 Å². The van der Waals surface area contributed by atoms with Crippen molar-refractivity contribution in [2.45, 2.75) is 19.0 Å². The minimum absolute atomic E-state index is 0.0470. The lowest BCUT2D eigenvalue weighted by Crippen LogP contribution is -2.10. The van der Waals surface area contributed by atoms with Crippen LogP contribution >= 0.6 is 11.6 Å². The molecule has 0 saturated carbocycles. The Morgan fingerprint density at radius 3 is 2.42 bits per heavy atom. The van der Waals surface area contributed by atoms with E-state index in [4.69, 9.17) is 16.3 Å². The normalized spacial score (nSPS) is 12.0. The first-order chi connectivity index (χ1) is 11.3. The summed E-state index contributed by atoms with van der Waals surface area (Å²) in [5.74, 6) is 0.404. The van der Waals surface area contributed by atoms with Crippen LogP contribution in [-0.2, 0) is 0 Å². The number of H-pyrrole nitrogens is 1. The number of halogens is 4. The van der Waals surface area contributed by atoms with Gasteiger partial charge in [0.05, 0.1) is 17.6 Å². The molecule has 0 atom stereocenters. The molecule has 0 aliphatic heterocycles. The van der Waals surface area contributed by atoms with E-state index in [1.807, 2.05) is 0 Å². The topological polar surface area (TPSA) is 42.1 Å². The molecule has 0 saturated heterocycles. The van der Waals surface area contributed by atoms with E-state index >= 15 is 0 Å². The van der Waals surface area contributed by atoms with Crippen molar-refractivity contribution in [1.29, 1.82) is 0 Å². The quantitative estimate of drug-likeness (QED) is 0.525. The second-order valence-corrected chi connectivity index (χ2v) is 5.86. The van der Waals surface area contributed by atoms with E-state index < -0.39 is 12.6 Å². The molecule has 1 N–H and O–H groups in total. The number of fused-ring (bicyclic) bond motifs is 2. The van der Waals surface area contributed by atoms with Crippen LogP contribution in [0, 0.1) is 0 Å². The van der Waals surface area contributed by atoms with Crippen molar-refractivity contribution in [3.05, 3.63) is 51.6 Å². The molecular weight excluding hydrogens is 343 g/mol. The van der Waals surface area contributed by atoms with E-state index in [1.54, 1.807) is 36.4 Å². The maximum atomic E-state index is 12.5. The zero-order valence-electron chi connectivity index (χ0n) is 12.4. The second kappa shape index (κ2) is 6.36. The van der Waals surface area contributed by atoms with Gasteiger partial charge in [-0.15, -0.1) is 0 Å². The van der Waals surface area contributed by atoms with Crippen molar-refractivity contribution in [3.63, 3.8) is 0 Å². The van der Waals surface area contributed by atoms with Gasteiger partial charge in [0.1, 0.15) is 5.75 Å². The SMILES string of the molecule is O=c1c2ccc(Cl)cc2[nH]c2cc(OCCCC(F)(F)F)ccc12. The van der Waals surface area contributed by atoms with Gasteiger partial charge in [0.15, 0.2) is 5.43 Å². The monoisotopic (exact) mass is 355 g/mol. The molecule has 0 amide bonds. The lowest BCUT2D eigenvalue weighted by molar-refractivity contribution is -0.136. The number of alkyl halides is 3. The summed E-state index contributed by atoms with van der Waals surface area (Å²) in [6, 6.07) is 9.72. The van der Waals surface area contributed by atoms with E-state index in [-0.39, 0.29) is 18.5 Å². The van der Waals surface area contributed by atoms with Gasteiger partial charge in [-0.2, -0.15) is 13.2 Å². The van der Waals surface area contributed by atoms with Crippen LogP contribution in [0.15, 0.2) is 41.2 Å². The average molecular weight is 356 g/mol. The second-order valence-electron chi connectivity index (χ2n) is 5.42. The number of benzene rings is 2. The first-order valence-corrected chi connectivity index (χ1v) is 7.66. The van der Waals surface area contributed by atoms with Gasteiger partial charge >= 0.3 is 6.18 Å². The smallest absolute Gasteiger partial charge is 0.389 e. The van der Waals surface area contributed by atoms with E-state index in [0.29, 0.717) is 32.6 Å². The minimum atomic E-state index is -4.18. The Hall–Kier alpha value is -2.21. The van der Waals surface area contributed by atoms with E-state index in [1.165, 1.54) is 0 Å². The summed E-state index contributed by atoms with van der Waals surface area (Å²) in [4.78, 5) is 15.6. The fourth-order valence-electron chi connectivity index (χ4n) is 2.49. The lowest BCUT2D eigenvalue weighted by Gasteiger charge is -2.09. The number of aromatic amines is 1. The fraction of sp³-hybridized carbons (Fsp3) is 0.235. The van der Waals surface area contributed by atoms with Crippen LogP contribution in [-0.4, -0.2) is 17.8 Å². The number of rotatable bonds is 4. The highest BCUT2D eigenvalue weighted by atomic mass is 35.5. The molecule has 0 radical (unpaired) electrons. The molecule has 7 heteroatoms. The molecule has 0 aliphatic rings. The van der Waals surface area contributed by atoms with Gasteiger partial charge in [0.25, 0.3) is 0 Å². The van der Waals surface area contributed by atoms with Crippen molar-refractivity contribution < 1.29 is 17.9 Å². The van der Waals surface area contributed by atoms with Crippen LogP contribution in [0.2, 0.25) is 5.02 Å². The van der Waals surface area contributed by atoms with Crippen molar-refractivity contribution in [2.75, 3.05) is 6.61 Å². The van der Waals surface area contributed by atoms with E-state index in [2.05, 4.69) is 4.98 Å². The lowest BCUT2D eigenvalue weighted by atomic mass is 10.1. The molecule has 1 aromatic heterocycles. The molecular formula is C17H13ClF3NO2. The minimum Gasteiger partial charge on any atom is -0.494 e. The Bertz CT molecular complexity index is 950. The Morgan fingerprint density at radius 1 is 1.04 bits per heavy atom. The van der Waals surface area contributed by atoms with E-state index in [9.17, 15) is 18.0 Å². The van der Waals surface area contributed by atoms with Gasteiger partial charge in [-0.3, -0.25) is 4.79 Å². The fourth-order valence-corrected chi connectivity index (χ4v) is 2.66. The average Bonchev–Trinajstić information content (AvgIpc) is 2.50. The van der Waals surface area contributed by atoms with Crippen molar-refractivity contribution in [3.8, 4) is 5.75 Å². The Morgan fingerprint density at radius 2 is 1.71 bits per heavy atom. The van der Waals surface area contributed by atoms with E-state index in [0.717, 1.165) is 0 Å². The molecule has 126 valence electrons. The highest BCUT2D eigenvalue weighted by Crippen LogP contribution is 2.24. The number of hydrogen-bond acceptors (Lipinski definition) is 2. The summed E-state index contributed by atoms with van der Waals surface area (Å²) in [5, 5.41) is 1.50. The molecule has 0 fully saturated rings. The predicted octanol–water partition coefficient (Wildman–Crippen LogP) is 5.06. The first kappa shape index (κ1) is 16.6. The number of nitrogens with one attached hydrogen (secondary N) is 1. The molecule has 3 rings (SSSR count). The maximum Gasteiger partial charge on any atom is 0.389 e. The molecule has 0 bridgehead atoms. The van der Waals surface area contributed by atoms with Gasteiger partial charge in [-0.25, -0.2) is 0 Å². The van der Waals surface area contributed by atoms with Crippen molar-refractivity contribution in [1.82, 2.24) is 4.98 Å². The standard InChI is InChI=1S/C17H13ClF3NO2/c18-10-2-4-12-14(8-10)22-15-9-11(3-5-13(15)16(12)23)24-7-1-6-17(19,20)21/h2-5,8-9H,1,6-7H2,(H,22,23). The summed E-state index contributed by atoms with van der Waals surface area (Å²) >= 11 is 5.94. The molecule has 0 aliphatic carbocycles. The largest absolute Gasteiger partial charge is 0.494 e. The van der Waals surface area contributed by atoms with Gasteiger partial charge in [0, 0.05) is 28.3 Å². The highest BCUT2D eigenvalue weighted by molar-refractivity contribution is 6.31. The predicted molar refractivity (Wildman–Crippen MR) is 87.9 cm³/mol. The van der Waals surface area contributed by atoms with Gasteiger partial charge in [-0.05, 0) is 36.8 Å². The third-order valence-corrected chi connectivity index (χ3v) is 3.84. The molecule has 3 aromatic rings. The van der Waals surface area contributed by atoms with Gasteiger partial charge in [0.2, 0.25) is 0 Å². The Labute approximate surface area is 140 Å². The third kappa shape index (κ3) is 3.64. The van der Waals surface area contributed by atoms with Crippen molar-refractivity contribution >= 4 is 33.4 Å². The first-order valence-electron chi connectivity index (χ1n) is 7.28. The molecule has 0 spiro atoms. The van der Waals surface area contributed by atoms with Crippen LogP contribution in [0.4, 0.5) is 13.2 Å². The van der Waals surface area contributed by atoms with Crippen LogP contribution in [0.5, 0.6) is 5.75 Å². The number of pyridine rings is 1. The summed E-state index contributed by atoms with van der Waals surface area (Å²) in [6.45, 7) is -0.0470. The third-order valence-electron chi connectivity index (χ3n) is 3.60. The summed E-state index contributed by atoms with van der Waals surface area (Å²) in [5.41, 5.74) is 0.997. The van der Waals surface area contributed by atoms with Crippen LogP contribution < -0.4 is 10.2 Å². The van der Waals surface area contributed by atoms with Gasteiger partial charge < -0.3 is 9.72 Å². The summed E-state index contributed by atoms with van der Waals surface area (Å²) in [7, 11) is 0. The molecule has 24 heavy (non-hydrogen) atoms. The Balaban J connectivity index is 1.87. The summed E-state index contributed by atoms with van der Waals surface area (Å²) < 4.78 is 41.7. The van der Waals surface area contributed by atoms with Crippen LogP contribution in [0.3, 0.4) is 0 Å². The molecule has 0 unspecified atom stereocenters. The molecule has 2 aromatic carbocycles. The Kier molecular flexibility index (Phi) is 4.41. The molecule has 1 heterocycles. The van der Waals surface area contributed by atoms with Crippen LogP contribution in [0.1, 0.15) is 12.8 Å². The summed E-state index contributed by atoms with van der Waals surface area (Å²) in [6.07, 6.45) is -5.19. The number of hydrogen-bond donors (Lipinski definition) is 1. The molecule has 3 nitrogen and oxygen atoms in total. The zero-order valence-corrected chi connectivity index (χ0v) is 13.2. The van der Waals surface area contributed by atoms with Crippen LogP contribution in [0.25, 0.3) is 21.8 Å². The number of aromatic nitrogens is 1. The maximum absolute atomic E-state index is 12.5. The number of ether oxygens (including phenoxy) is 1.